The molecule has 476 valence electrons. The second kappa shape index (κ2) is 22.7. The Bertz CT molecular complexity index is 7130. The van der Waals surface area contributed by atoms with Gasteiger partial charge in [-0.05, 0) is 84.9 Å². The number of nitrogens with zero attached hydrogens (tertiary/aromatic N) is 10. The van der Waals surface area contributed by atoms with Crippen LogP contribution in [0, 0.1) is 0 Å². The lowest BCUT2D eigenvalue weighted by Gasteiger charge is -2.13. The van der Waals surface area contributed by atoms with Gasteiger partial charge < -0.3 is 18.0 Å². The molecule has 8 heterocycles. The Hall–Kier alpha value is -14.1. The lowest BCUT2D eigenvalue weighted by molar-refractivity contribution is 0.668. The largest absolute Gasteiger partial charge is 0.456 e. The maximum atomic E-state index is 6.30. The fourth-order valence-corrected chi connectivity index (χ4v) is 15.5. The van der Waals surface area contributed by atoms with E-state index in [1.54, 1.807) is 0 Å². The molecule has 102 heavy (non-hydrogen) atoms. The van der Waals surface area contributed by atoms with E-state index in [0.29, 0.717) is 35.2 Å². The van der Waals surface area contributed by atoms with Crippen LogP contribution in [0.2, 0.25) is 0 Å². The Balaban J connectivity index is 0.000000133. The van der Waals surface area contributed by atoms with E-state index in [9.17, 15) is 0 Å². The van der Waals surface area contributed by atoms with Crippen molar-refractivity contribution < 1.29 is 8.83 Å². The molecule has 0 spiro atoms. The summed E-state index contributed by atoms with van der Waals surface area (Å²) in [4.78, 5) is 31.5. The lowest BCUT2D eigenvalue weighted by atomic mass is 10.1. The van der Waals surface area contributed by atoms with Crippen molar-refractivity contribution in [1.82, 2.24) is 48.2 Å². The van der Waals surface area contributed by atoms with E-state index in [0.717, 1.165) is 143 Å². The Kier molecular flexibility index (Phi) is 12.7. The smallest absolute Gasteiger partial charge is 0.238 e. The first-order valence-corrected chi connectivity index (χ1v) is 34.1. The SMILES string of the molecule is c1ccc(-c2nc(-c3ccc4oc5ccccc5c4c3)nc(-n3c4ccccc4c4ccc5c6ccccc6n(-c6ccccc6)c5c43)n2)cc1.c1ccc(-c2nc(-c3cccc4oc5ccccc5c34)nc(-n3c4ccccc4c4ccc5c6ccccc6n(-c6ccccc6)c5c43)n2)cc1. The predicted octanol–water partition coefficient (Wildman–Crippen LogP) is 22.6. The molecule has 0 fully saturated rings. The fraction of sp³-hybridized carbons (Fsp3) is 0. The third-order valence-corrected chi connectivity index (χ3v) is 20.0. The maximum Gasteiger partial charge on any atom is 0.238 e. The van der Waals surface area contributed by atoms with Gasteiger partial charge in [-0.15, -0.1) is 0 Å². The molecular weight excluding hydrogens is 1250 g/mol. The van der Waals surface area contributed by atoms with Gasteiger partial charge in [-0.1, -0.05) is 243 Å². The number of benzene rings is 14. The number of aromatic nitrogens is 10. The number of hydrogen-bond acceptors (Lipinski definition) is 8. The molecule has 0 aliphatic rings. The van der Waals surface area contributed by atoms with Gasteiger partial charge in [0.05, 0.1) is 44.1 Å². The van der Waals surface area contributed by atoms with Crippen LogP contribution in [0.15, 0.2) is 336 Å². The van der Waals surface area contributed by atoms with Crippen LogP contribution in [-0.2, 0) is 0 Å². The number of hydrogen-bond donors (Lipinski definition) is 0. The second-order valence-electron chi connectivity index (χ2n) is 25.7. The van der Waals surface area contributed by atoms with Gasteiger partial charge in [-0.2, -0.15) is 19.9 Å². The number of rotatable bonds is 8. The molecule has 14 aromatic carbocycles. The molecule has 0 aliphatic carbocycles. The molecule has 0 bridgehead atoms. The molecule has 22 aromatic rings. The molecule has 0 radical (unpaired) electrons. The quantitative estimate of drug-likeness (QED) is 0.147. The van der Waals surface area contributed by atoms with Crippen molar-refractivity contribution in [2.24, 2.45) is 0 Å². The standard InChI is InChI=1S/2C45H27N5O/c1-3-14-28(15-4-1)43-46-44(35-21-13-25-39-40(35)34-20-9-12-24-38(34)51-39)48-45(47-43)50-37-23-11-8-19-31(37)33-27-26-32-30-18-7-10-22-36(30)49(41(32)42(33)50)29-16-5-2-6-17-29;1-3-13-28(14-4-1)43-46-44(29-23-26-40-36(27-29)33-19-9-12-22-39(33)51-40)48-45(47-43)50-38-21-11-8-18-32(38)35-25-24-34-31-17-7-10-20-37(31)49(41(34)42(35)50)30-15-5-2-6-16-30/h2*1-27H. The minimum atomic E-state index is 0.548. The summed E-state index contributed by atoms with van der Waals surface area (Å²) in [6.07, 6.45) is 0. The molecular formula is C90H54N10O2. The minimum absolute atomic E-state index is 0.548. The monoisotopic (exact) mass is 1310 g/mol. The molecule has 0 aliphatic heterocycles. The average Bonchev–Trinajstić information content (AvgIpc) is 1.55. The summed E-state index contributed by atoms with van der Waals surface area (Å²) < 4.78 is 21.7. The first-order valence-electron chi connectivity index (χ1n) is 34.1. The van der Waals surface area contributed by atoms with E-state index >= 15 is 0 Å². The van der Waals surface area contributed by atoms with Crippen molar-refractivity contribution in [1.29, 1.82) is 0 Å². The molecule has 0 saturated heterocycles. The first kappa shape index (κ1) is 57.0. The van der Waals surface area contributed by atoms with Gasteiger partial charge in [-0.25, -0.2) is 9.97 Å². The van der Waals surface area contributed by atoms with Gasteiger partial charge in [0.25, 0.3) is 0 Å². The normalized spacial score (nSPS) is 11.9. The molecule has 8 aromatic heterocycles. The minimum Gasteiger partial charge on any atom is -0.456 e. The summed E-state index contributed by atoms with van der Waals surface area (Å²) in [5, 5.41) is 13.3. The van der Waals surface area contributed by atoms with Gasteiger partial charge in [0, 0.05) is 98.3 Å². The molecule has 0 unspecified atom stereocenters. The van der Waals surface area contributed by atoms with Crippen LogP contribution in [0.1, 0.15) is 0 Å². The third kappa shape index (κ3) is 8.82. The zero-order valence-electron chi connectivity index (χ0n) is 54.5. The Morgan fingerprint density at radius 3 is 1.04 bits per heavy atom. The fourth-order valence-electron chi connectivity index (χ4n) is 15.5. The number of para-hydroxylation sites is 8. The van der Waals surface area contributed by atoms with Crippen molar-refractivity contribution in [2.75, 3.05) is 0 Å². The van der Waals surface area contributed by atoms with E-state index in [4.69, 9.17) is 38.7 Å². The predicted molar refractivity (Wildman–Crippen MR) is 413 cm³/mol. The number of furan rings is 2. The molecule has 0 atom stereocenters. The van der Waals surface area contributed by atoms with Crippen LogP contribution in [-0.4, -0.2) is 48.2 Å². The van der Waals surface area contributed by atoms with Gasteiger partial charge in [0.1, 0.15) is 22.3 Å². The van der Waals surface area contributed by atoms with Crippen molar-refractivity contribution in [3.8, 4) is 68.8 Å². The number of fused-ring (bicyclic) bond motifs is 20. The van der Waals surface area contributed by atoms with E-state index in [1.165, 1.54) is 21.5 Å². The van der Waals surface area contributed by atoms with E-state index in [2.05, 4.69) is 225 Å². The van der Waals surface area contributed by atoms with Gasteiger partial charge >= 0.3 is 0 Å². The summed E-state index contributed by atoms with van der Waals surface area (Å²) in [6.45, 7) is 0. The summed E-state index contributed by atoms with van der Waals surface area (Å²) in [7, 11) is 0. The average molecular weight is 1310 g/mol. The highest BCUT2D eigenvalue weighted by Gasteiger charge is 2.27. The third-order valence-electron chi connectivity index (χ3n) is 20.0. The van der Waals surface area contributed by atoms with Crippen LogP contribution in [0.25, 0.3) is 200 Å². The highest BCUT2D eigenvalue weighted by molar-refractivity contribution is 6.25. The van der Waals surface area contributed by atoms with Crippen LogP contribution < -0.4 is 0 Å². The molecule has 12 nitrogen and oxygen atoms in total. The van der Waals surface area contributed by atoms with Crippen molar-refractivity contribution in [3.05, 3.63) is 328 Å². The van der Waals surface area contributed by atoms with Gasteiger partial charge in [0.2, 0.25) is 11.9 Å². The van der Waals surface area contributed by atoms with Crippen LogP contribution in [0.5, 0.6) is 0 Å². The van der Waals surface area contributed by atoms with Crippen molar-refractivity contribution >= 4 is 131 Å². The summed E-state index contributed by atoms with van der Waals surface area (Å²) in [6, 6.07) is 113. The van der Waals surface area contributed by atoms with Crippen molar-refractivity contribution in [2.45, 2.75) is 0 Å². The van der Waals surface area contributed by atoms with Crippen molar-refractivity contribution in [3.63, 3.8) is 0 Å². The highest BCUT2D eigenvalue weighted by Crippen LogP contribution is 2.45. The summed E-state index contributed by atoms with van der Waals surface area (Å²) in [5.74, 6) is 3.48. The molecule has 0 N–H and O–H groups in total. The van der Waals surface area contributed by atoms with Gasteiger partial charge in [-0.3, -0.25) is 9.13 Å². The topological polar surface area (TPSA) is 123 Å². The Morgan fingerprint density at radius 2 is 0.549 bits per heavy atom. The zero-order chi connectivity index (χ0) is 66.9. The summed E-state index contributed by atoms with van der Waals surface area (Å²) >= 11 is 0. The van der Waals surface area contributed by atoms with Crippen LogP contribution >= 0.6 is 0 Å². The van der Waals surface area contributed by atoms with Crippen LogP contribution in [0.4, 0.5) is 0 Å². The zero-order valence-corrected chi connectivity index (χ0v) is 54.5. The van der Waals surface area contributed by atoms with E-state index < -0.39 is 0 Å². The Morgan fingerprint density at radius 1 is 0.206 bits per heavy atom. The Labute approximate surface area is 581 Å². The molecule has 22 rings (SSSR count). The maximum absolute atomic E-state index is 6.30. The summed E-state index contributed by atoms with van der Waals surface area (Å²) in [5.41, 5.74) is 17.7. The highest BCUT2D eigenvalue weighted by atomic mass is 16.3. The van der Waals surface area contributed by atoms with Crippen LogP contribution in [0.3, 0.4) is 0 Å². The van der Waals surface area contributed by atoms with E-state index in [-0.39, 0.29) is 0 Å². The van der Waals surface area contributed by atoms with Gasteiger partial charge in [0.15, 0.2) is 23.3 Å². The molecule has 12 heteroatoms. The van der Waals surface area contributed by atoms with E-state index in [1.807, 2.05) is 121 Å². The second-order valence-corrected chi connectivity index (χ2v) is 25.7. The lowest BCUT2D eigenvalue weighted by Crippen LogP contribution is -2.07. The molecule has 0 saturated carbocycles. The first-order chi connectivity index (χ1) is 50.6. The molecule has 0 amide bonds.